The van der Waals surface area contributed by atoms with Crippen LogP contribution in [-0.2, 0) is 14.4 Å². The number of anilines is 2. The fraction of sp³-hybridized carbons (Fsp3) is 0.550. The summed E-state index contributed by atoms with van der Waals surface area (Å²) < 4.78 is 0. The quantitative estimate of drug-likeness (QED) is 0.881. The molecule has 140 valence electrons. The van der Waals surface area contributed by atoms with Crippen molar-refractivity contribution in [1.29, 1.82) is 0 Å². The van der Waals surface area contributed by atoms with Gasteiger partial charge in [-0.05, 0) is 31.9 Å². The van der Waals surface area contributed by atoms with Crippen molar-refractivity contribution >= 4 is 29.1 Å². The molecule has 0 bridgehead atoms. The number of amides is 3. The van der Waals surface area contributed by atoms with Crippen molar-refractivity contribution in [3.05, 3.63) is 24.3 Å². The van der Waals surface area contributed by atoms with E-state index in [0.29, 0.717) is 24.0 Å². The second kappa shape index (κ2) is 8.34. The third-order valence-corrected chi connectivity index (χ3v) is 5.30. The van der Waals surface area contributed by atoms with Crippen molar-refractivity contribution in [2.75, 3.05) is 23.3 Å². The van der Waals surface area contributed by atoms with Gasteiger partial charge in [0.15, 0.2) is 0 Å². The van der Waals surface area contributed by atoms with Crippen LogP contribution in [0.4, 0.5) is 11.4 Å². The van der Waals surface area contributed by atoms with Crippen LogP contribution in [0, 0.1) is 0 Å². The van der Waals surface area contributed by atoms with Gasteiger partial charge in [0, 0.05) is 25.4 Å². The topological polar surface area (TPSA) is 69.7 Å². The highest BCUT2D eigenvalue weighted by Crippen LogP contribution is 2.29. The SMILES string of the molecule is CCN(C(=O)CCC(=O)N1CC(=O)Nc2ccccc21)C1CCCCC1. The van der Waals surface area contributed by atoms with Crippen LogP contribution in [0.1, 0.15) is 51.9 Å². The average molecular weight is 357 g/mol. The normalized spacial score (nSPS) is 17.4. The van der Waals surface area contributed by atoms with Crippen LogP contribution in [0.2, 0.25) is 0 Å². The van der Waals surface area contributed by atoms with Gasteiger partial charge < -0.3 is 15.1 Å². The second-order valence-corrected chi connectivity index (χ2v) is 7.02. The van der Waals surface area contributed by atoms with E-state index in [1.807, 2.05) is 30.0 Å². The first kappa shape index (κ1) is 18.4. The molecular weight excluding hydrogens is 330 g/mol. The number of hydrogen-bond acceptors (Lipinski definition) is 3. The van der Waals surface area contributed by atoms with Crippen molar-refractivity contribution < 1.29 is 14.4 Å². The van der Waals surface area contributed by atoms with Crippen LogP contribution in [-0.4, -0.2) is 41.8 Å². The van der Waals surface area contributed by atoms with Gasteiger partial charge in [0.25, 0.3) is 0 Å². The Morgan fingerprint density at radius 2 is 1.88 bits per heavy atom. The summed E-state index contributed by atoms with van der Waals surface area (Å²) in [5.41, 5.74) is 1.34. The van der Waals surface area contributed by atoms with Crippen molar-refractivity contribution in [1.82, 2.24) is 4.90 Å². The van der Waals surface area contributed by atoms with Gasteiger partial charge >= 0.3 is 0 Å². The molecule has 1 fully saturated rings. The lowest BCUT2D eigenvalue weighted by atomic mass is 9.94. The molecule has 1 aromatic carbocycles. The standard InChI is InChI=1S/C20H27N3O3/c1-2-22(15-8-4-3-5-9-15)19(25)12-13-20(26)23-14-18(24)21-16-10-6-7-11-17(16)23/h6-7,10-11,15H,2-5,8-9,12-14H2,1H3,(H,21,24). The number of carbonyl (C=O) groups is 3. The molecule has 1 N–H and O–H groups in total. The monoisotopic (exact) mass is 357 g/mol. The second-order valence-electron chi connectivity index (χ2n) is 7.02. The molecule has 3 amide bonds. The summed E-state index contributed by atoms with van der Waals surface area (Å²) in [4.78, 5) is 40.6. The van der Waals surface area contributed by atoms with Gasteiger partial charge in [-0.25, -0.2) is 0 Å². The Morgan fingerprint density at radius 1 is 1.15 bits per heavy atom. The Hall–Kier alpha value is -2.37. The van der Waals surface area contributed by atoms with Crippen molar-refractivity contribution in [2.45, 2.75) is 57.9 Å². The lowest BCUT2D eigenvalue weighted by molar-refractivity contribution is -0.135. The Labute approximate surface area is 154 Å². The maximum absolute atomic E-state index is 12.7. The van der Waals surface area contributed by atoms with E-state index >= 15 is 0 Å². The lowest BCUT2D eigenvalue weighted by Crippen LogP contribution is -2.44. The third-order valence-electron chi connectivity index (χ3n) is 5.30. The number of nitrogens with one attached hydrogen (secondary N) is 1. The summed E-state index contributed by atoms with van der Waals surface area (Å²) in [5.74, 6) is -0.344. The summed E-state index contributed by atoms with van der Waals surface area (Å²) in [6.45, 7) is 2.69. The summed E-state index contributed by atoms with van der Waals surface area (Å²) in [6.07, 6.45) is 6.05. The number of benzene rings is 1. The summed E-state index contributed by atoms with van der Waals surface area (Å²) in [5, 5.41) is 2.77. The van der Waals surface area contributed by atoms with Crippen LogP contribution in [0.5, 0.6) is 0 Å². The van der Waals surface area contributed by atoms with Gasteiger partial charge in [-0.15, -0.1) is 0 Å². The van der Waals surface area contributed by atoms with Gasteiger partial charge in [-0.2, -0.15) is 0 Å². The highest BCUT2D eigenvalue weighted by molar-refractivity contribution is 6.10. The maximum atomic E-state index is 12.7. The van der Waals surface area contributed by atoms with Gasteiger partial charge in [-0.1, -0.05) is 31.4 Å². The molecule has 26 heavy (non-hydrogen) atoms. The molecule has 0 radical (unpaired) electrons. The number of rotatable bonds is 5. The fourth-order valence-electron chi connectivity index (χ4n) is 3.98. The van der Waals surface area contributed by atoms with Gasteiger partial charge in [-0.3, -0.25) is 14.4 Å². The Balaban J connectivity index is 1.61. The van der Waals surface area contributed by atoms with Crippen LogP contribution >= 0.6 is 0 Å². The van der Waals surface area contributed by atoms with E-state index in [1.54, 1.807) is 6.07 Å². The van der Waals surface area contributed by atoms with Crippen LogP contribution in [0.25, 0.3) is 0 Å². The zero-order valence-electron chi connectivity index (χ0n) is 15.4. The molecular formula is C20H27N3O3. The van der Waals surface area contributed by atoms with E-state index < -0.39 is 0 Å². The largest absolute Gasteiger partial charge is 0.340 e. The van der Waals surface area contributed by atoms with Gasteiger partial charge in [0.2, 0.25) is 17.7 Å². The number of hydrogen-bond donors (Lipinski definition) is 1. The lowest BCUT2D eigenvalue weighted by Gasteiger charge is -2.34. The molecule has 1 saturated carbocycles. The number of fused-ring (bicyclic) bond motifs is 1. The van der Waals surface area contributed by atoms with Crippen LogP contribution < -0.4 is 10.2 Å². The molecule has 0 saturated heterocycles. The number of carbonyl (C=O) groups excluding carboxylic acids is 3. The zero-order chi connectivity index (χ0) is 18.5. The first-order valence-corrected chi connectivity index (χ1v) is 9.59. The Bertz CT molecular complexity index is 683. The molecule has 0 spiro atoms. The molecule has 1 aliphatic heterocycles. The smallest absolute Gasteiger partial charge is 0.244 e. The highest BCUT2D eigenvalue weighted by Gasteiger charge is 2.28. The molecule has 0 unspecified atom stereocenters. The number of para-hydroxylation sites is 2. The highest BCUT2D eigenvalue weighted by atomic mass is 16.2. The predicted molar refractivity (Wildman–Crippen MR) is 101 cm³/mol. The third kappa shape index (κ3) is 4.06. The van der Waals surface area contributed by atoms with E-state index in [9.17, 15) is 14.4 Å². The van der Waals surface area contributed by atoms with Crippen molar-refractivity contribution in [3.63, 3.8) is 0 Å². The number of nitrogens with zero attached hydrogens (tertiary/aromatic N) is 2. The molecule has 2 aliphatic rings. The zero-order valence-corrected chi connectivity index (χ0v) is 15.4. The summed E-state index contributed by atoms with van der Waals surface area (Å²) in [7, 11) is 0. The van der Waals surface area contributed by atoms with E-state index in [0.717, 1.165) is 12.8 Å². The van der Waals surface area contributed by atoms with E-state index in [-0.39, 0.29) is 37.1 Å². The predicted octanol–water partition coefficient (Wildman–Crippen LogP) is 2.93. The maximum Gasteiger partial charge on any atom is 0.244 e. The Kier molecular flexibility index (Phi) is 5.91. The van der Waals surface area contributed by atoms with E-state index in [2.05, 4.69) is 5.32 Å². The van der Waals surface area contributed by atoms with E-state index in [4.69, 9.17) is 0 Å². The molecule has 1 aromatic rings. The minimum atomic E-state index is -0.208. The van der Waals surface area contributed by atoms with Gasteiger partial charge in [0.05, 0.1) is 11.4 Å². The fourth-order valence-corrected chi connectivity index (χ4v) is 3.98. The van der Waals surface area contributed by atoms with Crippen molar-refractivity contribution in [2.24, 2.45) is 0 Å². The van der Waals surface area contributed by atoms with Crippen LogP contribution in [0.15, 0.2) is 24.3 Å². The first-order valence-electron chi connectivity index (χ1n) is 9.59. The van der Waals surface area contributed by atoms with Gasteiger partial charge in [0.1, 0.15) is 6.54 Å². The molecule has 0 atom stereocenters. The molecule has 1 heterocycles. The van der Waals surface area contributed by atoms with Crippen LogP contribution in [0.3, 0.4) is 0 Å². The summed E-state index contributed by atoms with van der Waals surface area (Å²) >= 11 is 0. The molecule has 0 aromatic heterocycles. The van der Waals surface area contributed by atoms with Crippen molar-refractivity contribution in [3.8, 4) is 0 Å². The average Bonchev–Trinajstić information content (AvgIpc) is 2.66. The molecule has 6 nitrogen and oxygen atoms in total. The Morgan fingerprint density at radius 3 is 2.62 bits per heavy atom. The first-order chi connectivity index (χ1) is 12.6. The molecule has 3 rings (SSSR count). The minimum absolute atomic E-state index is 0.00412. The summed E-state index contributed by atoms with van der Waals surface area (Å²) in [6, 6.07) is 7.57. The molecule has 6 heteroatoms. The van der Waals surface area contributed by atoms with E-state index in [1.165, 1.54) is 24.2 Å². The minimum Gasteiger partial charge on any atom is -0.340 e. The molecule has 1 aliphatic carbocycles.